The number of aromatic carboxylic acids is 1. The van der Waals surface area contributed by atoms with Gasteiger partial charge in [0.15, 0.2) is 0 Å². The van der Waals surface area contributed by atoms with Gasteiger partial charge in [0, 0.05) is 10.2 Å². The molecule has 2 aromatic carbocycles. The molecule has 0 aliphatic carbocycles. The number of hydrogen-bond donors (Lipinski definition) is 3. The van der Waals surface area contributed by atoms with Crippen LogP contribution in [0.5, 0.6) is 0 Å². The fourth-order valence-electron chi connectivity index (χ4n) is 1.59. The lowest BCUT2D eigenvalue weighted by Gasteiger charge is -2.11. The van der Waals surface area contributed by atoms with Crippen LogP contribution in [0.1, 0.15) is 10.4 Å². The van der Waals surface area contributed by atoms with E-state index >= 15 is 0 Å². The third kappa shape index (κ3) is 3.03. The average molecular weight is 325 g/mol. The van der Waals surface area contributed by atoms with E-state index in [1.165, 1.54) is 30.3 Å². The van der Waals surface area contributed by atoms with Crippen molar-refractivity contribution in [2.24, 2.45) is 0 Å². The molecular formula is C13H10BrFN2O2. The number of nitrogens with one attached hydrogen (secondary N) is 1. The Morgan fingerprint density at radius 2 is 1.95 bits per heavy atom. The number of nitrogen functional groups attached to an aromatic ring is 1. The molecule has 2 rings (SSSR count). The van der Waals surface area contributed by atoms with Gasteiger partial charge in [-0.3, -0.25) is 0 Å². The average Bonchev–Trinajstić information content (AvgIpc) is 2.32. The SMILES string of the molecule is Nc1ccc(C(=O)O)c(Nc2ccc(Br)cc2F)c1. The van der Waals surface area contributed by atoms with Gasteiger partial charge >= 0.3 is 5.97 Å². The molecule has 4 N–H and O–H groups in total. The zero-order chi connectivity index (χ0) is 14.0. The Morgan fingerprint density at radius 1 is 1.21 bits per heavy atom. The summed E-state index contributed by atoms with van der Waals surface area (Å²) in [5.41, 5.74) is 6.45. The van der Waals surface area contributed by atoms with Gasteiger partial charge < -0.3 is 16.2 Å². The maximum absolute atomic E-state index is 13.7. The Balaban J connectivity index is 2.42. The second kappa shape index (κ2) is 5.27. The predicted molar refractivity (Wildman–Crippen MR) is 75.2 cm³/mol. The number of carboxylic acid groups (broad SMARTS) is 1. The number of hydrogen-bond acceptors (Lipinski definition) is 3. The van der Waals surface area contributed by atoms with Gasteiger partial charge in [-0.15, -0.1) is 0 Å². The first kappa shape index (κ1) is 13.4. The molecule has 0 fully saturated rings. The van der Waals surface area contributed by atoms with Crippen molar-refractivity contribution in [3.8, 4) is 0 Å². The molecule has 0 aliphatic heterocycles. The van der Waals surface area contributed by atoms with E-state index in [0.717, 1.165) is 0 Å². The highest BCUT2D eigenvalue weighted by Gasteiger charge is 2.12. The Hall–Kier alpha value is -2.08. The van der Waals surface area contributed by atoms with Gasteiger partial charge in [-0.2, -0.15) is 0 Å². The van der Waals surface area contributed by atoms with Crippen molar-refractivity contribution < 1.29 is 14.3 Å². The molecule has 0 aromatic heterocycles. The minimum Gasteiger partial charge on any atom is -0.478 e. The zero-order valence-corrected chi connectivity index (χ0v) is 11.2. The fourth-order valence-corrected chi connectivity index (χ4v) is 1.92. The van der Waals surface area contributed by atoms with Crippen LogP contribution in [0.4, 0.5) is 21.5 Å². The first-order valence-electron chi connectivity index (χ1n) is 5.32. The van der Waals surface area contributed by atoms with Crippen molar-refractivity contribution in [1.29, 1.82) is 0 Å². The van der Waals surface area contributed by atoms with Gasteiger partial charge in [-0.25, -0.2) is 9.18 Å². The summed E-state index contributed by atoms with van der Waals surface area (Å²) in [6.07, 6.45) is 0. The lowest BCUT2D eigenvalue weighted by Crippen LogP contribution is -2.04. The van der Waals surface area contributed by atoms with Gasteiger partial charge in [0.25, 0.3) is 0 Å². The Labute approximate surface area is 117 Å². The van der Waals surface area contributed by atoms with E-state index in [4.69, 9.17) is 10.8 Å². The third-order valence-corrected chi connectivity index (χ3v) is 2.97. The van der Waals surface area contributed by atoms with Crippen molar-refractivity contribution >= 4 is 39.0 Å². The maximum Gasteiger partial charge on any atom is 0.337 e. The van der Waals surface area contributed by atoms with Crippen molar-refractivity contribution in [3.63, 3.8) is 0 Å². The quantitative estimate of drug-likeness (QED) is 0.754. The summed E-state index contributed by atoms with van der Waals surface area (Å²) >= 11 is 3.15. The highest BCUT2D eigenvalue weighted by atomic mass is 79.9. The van der Waals surface area contributed by atoms with Gasteiger partial charge in [0.05, 0.1) is 16.9 Å². The number of carbonyl (C=O) groups is 1. The number of carboxylic acids is 1. The normalized spacial score (nSPS) is 10.2. The van der Waals surface area contributed by atoms with E-state index in [1.807, 2.05) is 0 Å². The molecule has 6 heteroatoms. The molecule has 0 heterocycles. The van der Waals surface area contributed by atoms with Gasteiger partial charge in [-0.05, 0) is 36.4 Å². The second-order valence-electron chi connectivity index (χ2n) is 3.86. The van der Waals surface area contributed by atoms with Crippen LogP contribution in [0, 0.1) is 5.82 Å². The van der Waals surface area contributed by atoms with Crippen molar-refractivity contribution in [2.75, 3.05) is 11.1 Å². The first-order valence-corrected chi connectivity index (χ1v) is 6.11. The smallest absolute Gasteiger partial charge is 0.337 e. The monoisotopic (exact) mass is 324 g/mol. The van der Waals surface area contributed by atoms with E-state index in [-0.39, 0.29) is 16.9 Å². The number of anilines is 3. The molecule has 0 amide bonds. The van der Waals surface area contributed by atoms with E-state index in [1.54, 1.807) is 6.07 Å². The number of nitrogens with two attached hydrogens (primary N) is 1. The molecule has 98 valence electrons. The summed E-state index contributed by atoms with van der Waals surface area (Å²) in [6, 6.07) is 8.75. The zero-order valence-electron chi connectivity index (χ0n) is 9.65. The first-order chi connectivity index (χ1) is 8.97. The molecule has 0 aliphatic rings. The largest absolute Gasteiger partial charge is 0.478 e. The molecule has 0 atom stereocenters. The van der Waals surface area contributed by atoms with E-state index in [0.29, 0.717) is 10.2 Å². The molecule has 0 radical (unpaired) electrons. The van der Waals surface area contributed by atoms with Crippen molar-refractivity contribution in [2.45, 2.75) is 0 Å². The Kier molecular flexibility index (Phi) is 3.71. The molecule has 0 spiro atoms. The van der Waals surface area contributed by atoms with Crippen LogP contribution in [-0.4, -0.2) is 11.1 Å². The third-order valence-electron chi connectivity index (χ3n) is 2.47. The van der Waals surface area contributed by atoms with Crippen LogP contribution >= 0.6 is 15.9 Å². The summed E-state index contributed by atoms with van der Waals surface area (Å²) in [7, 11) is 0. The molecule has 4 nitrogen and oxygen atoms in total. The molecular weight excluding hydrogens is 315 g/mol. The minimum atomic E-state index is -1.11. The van der Waals surface area contributed by atoms with E-state index < -0.39 is 11.8 Å². The molecule has 0 saturated heterocycles. The standard InChI is InChI=1S/C13H10BrFN2O2/c14-7-1-4-11(10(15)5-7)17-12-6-8(16)2-3-9(12)13(18)19/h1-6,17H,16H2,(H,18,19). The lowest BCUT2D eigenvalue weighted by molar-refractivity contribution is 0.0698. The lowest BCUT2D eigenvalue weighted by atomic mass is 10.1. The highest BCUT2D eigenvalue weighted by Crippen LogP contribution is 2.27. The van der Waals surface area contributed by atoms with Crippen LogP contribution in [0.25, 0.3) is 0 Å². The van der Waals surface area contributed by atoms with Gasteiger partial charge in [-0.1, -0.05) is 15.9 Å². The Morgan fingerprint density at radius 3 is 2.58 bits per heavy atom. The van der Waals surface area contributed by atoms with Gasteiger partial charge in [0.2, 0.25) is 0 Å². The van der Waals surface area contributed by atoms with Crippen LogP contribution in [0.15, 0.2) is 40.9 Å². The molecule has 19 heavy (non-hydrogen) atoms. The number of halogens is 2. The number of benzene rings is 2. The Bertz CT molecular complexity index is 647. The van der Waals surface area contributed by atoms with Crippen molar-refractivity contribution in [1.82, 2.24) is 0 Å². The number of rotatable bonds is 3. The van der Waals surface area contributed by atoms with Crippen LogP contribution in [-0.2, 0) is 0 Å². The predicted octanol–water partition coefficient (Wildman–Crippen LogP) is 3.61. The maximum atomic E-state index is 13.7. The summed E-state index contributed by atoms with van der Waals surface area (Å²) in [5.74, 6) is -1.60. The van der Waals surface area contributed by atoms with Gasteiger partial charge in [0.1, 0.15) is 5.82 Å². The van der Waals surface area contributed by atoms with E-state index in [2.05, 4.69) is 21.2 Å². The summed E-state index contributed by atoms with van der Waals surface area (Å²) in [5, 5.41) is 11.8. The fraction of sp³-hybridized carbons (Fsp3) is 0. The van der Waals surface area contributed by atoms with Crippen LogP contribution < -0.4 is 11.1 Å². The van der Waals surface area contributed by atoms with Crippen LogP contribution in [0.3, 0.4) is 0 Å². The molecule has 2 aromatic rings. The minimum absolute atomic E-state index is 0.0246. The summed E-state index contributed by atoms with van der Waals surface area (Å²) in [4.78, 5) is 11.1. The molecule has 0 saturated carbocycles. The van der Waals surface area contributed by atoms with Crippen LogP contribution in [0.2, 0.25) is 0 Å². The second-order valence-corrected chi connectivity index (χ2v) is 4.78. The summed E-state index contributed by atoms with van der Waals surface area (Å²) in [6.45, 7) is 0. The highest BCUT2D eigenvalue weighted by molar-refractivity contribution is 9.10. The van der Waals surface area contributed by atoms with E-state index in [9.17, 15) is 9.18 Å². The molecule has 0 bridgehead atoms. The topological polar surface area (TPSA) is 75.4 Å². The van der Waals surface area contributed by atoms with Crippen molar-refractivity contribution in [3.05, 3.63) is 52.3 Å². The summed E-state index contributed by atoms with van der Waals surface area (Å²) < 4.78 is 14.3. The molecule has 0 unspecified atom stereocenters.